The number of unbranched alkanes of at least 4 members (excludes halogenated alkanes) is 1. The number of amides is 1. The average molecular weight is 472 g/mol. The highest BCUT2D eigenvalue weighted by atomic mass is 35.5. The first-order valence-corrected chi connectivity index (χ1v) is 11.6. The number of aryl methyl sites for hydroxylation is 1. The van der Waals surface area contributed by atoms with E-state index in [1.165, 1.54) is 12.1 Å². The number of aromatic carboxylic acids is 1. The number of halogens is 1. The van der Waals surface area contributed by atoms with Gasteiger partial charge >= 0.3 is 5.97 Å². The number of nitrogens with one attached hydrogen (secondary N) is 1. The highest BCUT2D eigenvalue weighted by Crippen LogP contribution is 2.31. The van der Waals surface area contributed by atoms with Gasteiger partial charge in [0.15, 0.2) is 0 Å². The summed E-state index contributed by atoms with van der Waals surface area (Å²) in [5.41, 5.74) is 2.55. The Balaban J connectivity index is 1.67. The Bertz CT molecular complexity index is 1000. The average Bonchev–Trinajstić information content (AvgIpc) is 2.83. The number of rotatable bonds is 10. The van der Waals surface area contributed by atoms with E-state index in [0.717, 1.165) is 30.4 Å². The van der Waals surface area contributed by atoms with Crippen molar-refractivity contribution in [1.82, 2.24) is 5.32 Å². The van der Waals surface area contributed by atoms with Gasteiger partial charge in [-0.3, -0.25) is 4.79 Å². The molecule has 1 heterocycles. The molecule has 2 aromatic rings. The van der Waals surface area contributed by atoms with Crippen molar-refractivity contribution in [2.24, 2.45) is 5.92 Å². The van der Waals surface area contributed by atoms with Gasteiger partial charge in [0, 0.05) is 6.61 Å². The molecule has 1 unspecified atom stereocenters. The van der Waals surface area contributed by atoms with Crippen LogP contribution in [-0.2, 0) is 16.0 Å². The summed E-state index contributed by atoms with van der Waals surface area (Å²) in [6, 6.07) is 10.5. The monoisotopic (exact) mass is 471 g/mol. The number of hydrogen-bond donors (Lipinski definition) is 3. The lowest BCUT2D eigenvalue weighted by atomic mass is 9.95. The molecule has 1 aliphatic heterocycles. The summed E-state index contributed by atoms with van der Waals surface area (Å²) < 4.78 is 5.47. The zero-order valence-electron chi connectivity index (χ0n) is 18.6. The Hall–Kier alpha value is -2.83. The van der Waals surface area contributed by atoms with Crippen LogP contribution in [0, 0.1) is 5.92 Å². The highest BCUT2D eigenvalue weighted by molar-refractivity contribution is 6.32. The molecule has 2 aromatic carbocycles. The summed E-state index contributed by atoms with van der Waals surface area (Å²) in [7, 11) is 0. The van der Waals surface area contributed by atoms with Crippen LogP contribution in [0.4, 0.5) is 0 Å². The summed E-state index contributed by atoms with van der Waals surface area (Å²) in [4.78, 5) is 24.1. The Labute approximate surface area is 199 Å². The lowest BCUT2D eigenvalue weighted by Crippen LogP contribution is -2.37. The van der Waals surface area contributed by atoms with Gasteiger partial charge < -0.3 is 20.3 Å². The van der Waals surface area contributed by atoms with Crippen LogP contribution in [0.15, 0.2) is 43.0 Å². The predicted octanol–water partition coefficient (Wildman–Crippen LogP) is 5.38. The first-order valence-electron chi connectivity index (χ1n) is 11.2. The van der Waals surface area contributed by atoms with Crippen molar-refractivity contribution in [2.75, 3.05) is 13.2 Å². The van der Waals surface area contributed by atoms with E-state index in [-0.39, 0.29) is 34.2 Å². The molecule has 1 amide bonds. The number of benzene rings is 2. The van der Waals surface area contributed by atoms with E-state index in [4.69, 9.17) is 16.3 Å². The largest absolute Gasteiger partial charge is 0.506 e. The maximum absolute atomic E-state index is 12.9. The summed E-state index contributed by atoms with van der Waals surface area (Å²) >= 11 is 5.99. The normalized spacial score (nSPS) is 16.7. The third kappa shape index (κ3) is 6.83. The molecule has 1 fully saturated rings. The first kappa shape index (κ1) is 24.8. The van der Waals surface area contributed by atoms with Crippen molar-refractivity contribution < 1.29 is 24.5 Å². The Morgan fingerprint density at radius 2 is 2.09 bits per heavy atom. The van der Waals surface area contributed by atoms with E-state index < -0.39 is 5.97 Å². The van der Waals surface area contributed by atoms with Gasteiger partial charge in [-0.05, 0) is 67.0 Å². The smallest absolute Gasteiger partial charge is 0.335 e. The van der Waals surface area contributed by atoms with Gasteiger partial charge in [-0.15, -0.1) is 0 Å². The number of phenolic OH excluding ortho intramolecular Hbond substituents is 1. The molecule has 0 bridgehead atoms. The molecule has 0 aliphatic carbocycles. The van der Waals surface area contributed by atoms with Gasteiger partial charge in [-0.25, -0.2) is 4.79 Å². The van der Waals surface area contributed by atoms with E-state index >= 15 is 0 Å². The minimum Gasteiger partial charge on any atom is -0.506 e. The second kappa shape index (κ2) is 11.9. The van der Waals surface area contributed by atoms with Crippen LogP contribution >= 0.6 is 11.6 Å². The topological polar surface area (TPSA) is 95.9 Å². The van der Waals surface area contributed by atoms with Crippen molar-refractivity contribution in [1.29, 1.82) is 0 Å². The molecule has 1 aliphatic rings. The zero-order chi connectivity index (χ0) is 23.8. The van der Waals surface area contributed by atoms with Crippen LogP contribution in [0.3, 0.4) is 0 Å². The quantitative estimate of drug-likeness (QED) is 0.404. The molecule has 3 rings (SSSR count). The van der Waals surface area contributed by atoms with Gasteiger partial charge in [-0.1, -0.05) is 48.9 Å². The van der Waals surface area contributed by atoms with Crippen LogP contribution in [0.2, 0.25) is 5.02 Å². The molecule has 0 aromatic heterocycles. The number of aromatic hydroxyl groups is 1. The highest BCUT2D eigenvalue weighted by Gasteiger charge is 2.24. The fourth-order valence-electron chi connectivity index (χ4n) is 4.10. The molecule has 176 valence electrons. The van der Waals surface area contributed by atoms with Crippen LogP contribution in [0.5, 0.6) is 5.75 Å². The van der Waals surface area contributed by atoms with Crippen molar-refractivity contribution >= 4 is 29.6 Å². The number of carbonyl (C=O) groups excluding carboxylic acids is 1. The molecular weight excluding hydrogens is 442 g/mol. The number of ether oxygens (including phenoxy) is 1. The maximum Gasteiger partial charge on any atom is 0.335 e. The van der Waals surface area contributed by atoms with Gasteiger partial charge in [0.25, 0.3) is 0 Å². The Morgan fingerprint density at radius 3 is 2.79 bits per heavy atom. The lowest BCUT2D eigenvalue weighted by molar-refractivity contribution is -0.129. The number of carbonyl (C=O) groups is 2. The van der Waals surface area contributed by atoms with Crippen LogP contribution < -0.4 is 5.32 Å². The Kier molecular flexibility index (Phi) is 8.92. The molecule has 7 heteroatoms. The number of phenols is 1. The molecule has 3 N–H and O–H groups in total. The minimum absolute atomic E-state index is 0.00212. The summed E-state index contributed by atoms with van der Waals surface area (Å²) in [5, 5.41) is 22.7. The van der Waals surface area contributed by atoms with Crippen molar-refractivity contribution in [3.8, 4) is 5.75 Å². The standard InChI is InChI=1S/C26H30ClNO5/c1-2-17-7-5-9-18(13-17)23(28-25(30)20-10-6-12-33-16-20)11-4-3-8-19-14-21(26(31)32)15-22(27)24(19)29/h2,5,7,9,13-15,20,23,29H,1,3-4,6,8,10-12,16H2,(H,28,30)(H,31,32)/t20?,23-/m0/s1. The second-order valence-electron chi connectivity index (χ2n) is 8.37. The minimum atomic E-state index is -1.09. The summed E-state index contributed by atoms with van der Waals surface area (Å²) in [5.74, 6) is -1.30. The van der Waals surface area contributed by atoms with E-state index in [1.54, 1.807) is 6.08 Å². The van der Waals surface area contributed by atoms with E-state index in [1.807, 2.05) is 24.3 Å². The fraction of sp³-hybridized carbons (Fsp3) is 0.385. The predicted molar refractivity (Wildman–Crippen MR) is 129 cm³/mol. The molecular formula is C26H30ClNO5. The summed E-state index contributed by atoms with van der Waals surface area (Å²) in [6.07, 6.45) is 6.13. The third-order valence-corrected chi connectivity index (χ3v) is 6.26. The SMILES string of the molecule is C=Cc1cccc([C@H](CCCCc2cc(C(=O)O)cc(Cl)c2O)NC(=O)C2CCCOC2)c1. The molecule has 0 radical (unpaired) electrons. The molecule has 6 nitrogen and oxygen atoms in total. The van der Waals surface area contributed by atoms with Gasteiger partial charge in [0.2, 0.25) is 5.91 Å². The van der Waals surface area contributed by atoms with Crippen molar-refractivity contribution in [3.05, 3.63) is 70.3 Å². The lowest BCUT2D eigenvalue weighted by Gasteiger charge is -2.26. The van der Waals surface area contributed by atoms with Crippen LogP contribution in [-0.4, -0.2) is 35.3 Å². The van der Waals surface area contributed by atoms with E-state index in [9.17, 15) is 19.8 Å². The number of carboxylic acids is 1. The number of carboxylic acid groups (broad SMARTS) is 1. The molecule has 0 saturated carbocycles. The fourth-order valence-corrected chi connectivity index (χ4v) is 4.33. The maximum atomic E-state index is 12.9. The van der Waals surface area contributed by atoms with Gasteiger partial charge in [-0.2, -0.15) is 0 Å². The molecule has 2 atom stereocenters. The van der Waals surface area contributed by atoms with Crippen molar-refractivity contribution in [3.63, 3.8) is 0 Å². The third-order valence-electron chi connectivity index (χ3n) is 5.97. The zero-order valence-corrected chi connectivity index (χ0v) is 19.3. The van der Waals surface area contributed by atoms with Gasteiger partial charge in [0.05, 0.1) is 29.2 Å². The second-order valence-corrected chi connectivity index (χ2v) is 8.77. The van der Waals surface area contributed by atoms with Gasteiger partial charge in [0.1, 0.15) is 5.75 Å². The first-order chi connectivity index (χ1) is 15.9. The van der Waals surface area contributed by atoms with E-state index in [2.05, 4.69) is 11.9 Å². The summed E-state index contributed by atoms with van der Waals surface area (Å²) in [6.45, 7) is 4.98. The van der Waals surface area contributed by atoms with Crippen LogP contribution in [0.25, 0.3) is 6.08 Å². The van der Waals surface area contributed by atoms with Crippen molar-refractivity contribution in [2.45, 2.75) is 44.6 Å². The van der Waals surface area contributed by atoms with Crippen LogP contribution in [0.1, 0.15) is 65.2 Å². The molecule has 1 saturated heterocycles. The molecule has 33 heavy (non-hydrogen) atoms. The van der Waals surface area contributed by atoms with E-state index in [0.29, 0.717) is 38.0 Å². The Morgan fingerprint density at radius 1 is 1.27 bits per heavy atom. The molecule has 0 spiro atoms. The number of hydrogen-bond acceptors (Lipinski definition) is 4.